The van der Waals surface area contributed by atoms with E-state index in [0.29, 0.717) is 17.4 Å². The lowest BCUT2D eigenvalue weighted by Gasteiger charge is -2.22. The molecule has 0 unspecified atom stereocenters. The number of pyridine rings is 1. The molecule has 3 heterocycles. The van der Waals surface area contributed by atoms with Crippen molar-refractivity contribution in [2.75, 3.05) is 0 Å². The first-order valence-corrected chi connectivity index (χ1v) is 17.5. The monoisotopic (exact) mass is 658 g/mol. The first-order chi connectivity index (χ1) is 24.8. The molecule has 2 aliphatic rings. The third kappa shape index (κ3) is 4.47. The van der Waals surface area contributed by atoms with E-state index >= 15 is 0 Å². The maximum atomic E-state index is 6.05. The number of hydrogen-bond acceptors (Lipinski definition) is 5. The molecule has 0 N–H and O–H groups in total. The molecule has 0 aliphatic heterocycles. The van der Waals surface area contributed by atoms with E-state index in [9.17, 15) is 0 Å². The van der Waals surface area contributed by atoms with Gasteiger partial charge in [0.15, 0.2) is 5.82 Å². The van der Waals surface area contributed by atoms with E-state index in [-0.39, 0.29) is 10.8 Å². The highest BCUT2D eigenvalue weighted by atomic mass is 16.4. The maximum absolute atomic E-state index is 6.05. The standard InChI is InChI=1S/C46H34N4O/c1-45(2)35-15-7-5-13-31(35)33-20-18-27(24-37(33)45)40-26-41(28-19-21-34-32-14-6-8-16-36(32)46(3,4)38(34)25-28)49-42(48-40)29-11-9-12-30(23-29)43-50-39-17-10-22-47-44(39)51-43/h5-26H,1-4H3. The Hall–Kier alpha value is -6.20. The summed E-state index contributed by atoms with van der Waals surface area (Å²) in [6.07, 6.45) is 1.71. The minimum absolute atomic E-state index is 0.121. The van der Waals surface area contributed by atoms with Gasteiger partial charge in [0, 0.05) is 39.3 Å². The fourth-order valence-electron chi connectivity index (χ4n) is 8.28. The van der Waals surface area contributed by atoms with Crippen LogP contribution in [0.1, 0.15) is 49.9 Å². The average molecular weight is 659 g/mol. The zero-order valence-electron chi connectivity index (χ0n) is 28.9. The Balaban J connectivity index is 1.14. The van der Waals surface area contributed by atoms with Crippen molar-refractivity contribution >= 4 is 11.2 Å². The van der Waals surface area contributed by atoms with Gasteiger partial charge in [0.05, 0.1) is 11.4 Å². The predicted octanol–water partition coefficient (Wildman–Crippen LogP) is 11.3. The summed E-state index contributed by atoms with van der Waals surface area (Å²) in [6, 6.07) is 45.1. The van der Waals surface area contributed by atoms with Crippen LogP contribution in [0, 0.1) is 0 Å². The van der Waals surface area contributed by atoms with Gasteiger partial charge in [0.2, 0.25) is 11.6 Å². The molecule has 5 aromatic carbocycles. The van der Waals surface area contributed by atoms with Gasteiger partial charge >= 0.3 is 0 Å². The minimum atomic E-state index is -0.121. The van der Waals surface area contributed by atoms with Crippen LogP contribution in [0.15, 0.2) is 138 Å². The zero-order chi connectivity index (χ0) is 34.5. The van der Waals surface area contributed by atoms with Gasteiger partial charge in [-0.05, 0) is 87.0 Å². The van der Waals surface area contributed by atoms with E-state index in [0.717, 1.165) is 39.2 Å². The molecular weight excluding hydrogens is 625 g/mol. The van der Waals surface area contributed by atoms with E-state index < -0.39 is 0 Å². The largest absolute Gasteiger partial charge is 0.418 e. The summed E-state index contributed by atoms with van der Waals surface area (Å²) in [5.74, 6) is 1.16. The zero-order valence-corrected chi connectivity index (χ0v) is 28.9. The number of fused-ring (bicyclic) bond motifs is 7. The van der Waals surface area contributed by atoms with Gasteiger partial charge in [-0.1, -0.05) is 113 Å². The van der Waals surface area contributed by atoms with Gasteiger partial charge in [0.1, 0.15) is 5.52 Å². The average Bonchev–Trinajstić information content (AvgIpc) is 3.78. The van der Waals surface area contributed by atoms with Gasteiger partial charge < -0.3 is 4.42 Å². The molecule has 0 saturated heterocycles. The van der Waals surface area contributed by atoms with Crippen LogP contribution in [-0.4, -0.2) is 19.9 Å². The van der Waals surface area contributed by atoms with E-state index in [1.807, 2.05) is 24.3 Å². The Morgan fingerprint density at radius 3 is 1.63 bits per heavy atom. The number of nitrogens with zero attached hydrogens (tertiary/aromatic N) is 4. The van der Waals surface area contributed by atoms with Crippen molar-refractivity contribution in [1.29, 1.82) is 0 Å². The van der Waals surface area contributed by atoms with Crippen molar-refractivity contribution in [3.63, 3.8) is 0 Å². The summed E-state index contributed by atoms with van der Waals surface area (Å²) in [4.78, 5) is 19.6. The van der Waals surface area contributed by atoms with Crippen LogP contribution < -0.4 is 0 Å². The van der Waals surface area contributed by atoms with Crippen LogP contribution in [0.2, 0.25) is 0 Å². The maximum Gasteiger partial charge on any atom is 0.247 e. The predicted molar refractivity (Wildman–Crippen MR) is 204 cm³/mol. The summed E-state index contributed by atoms with van der Waals surface area (Å²) in [5.41, 5.74) is 17.1. The Morgan fingerprint density at radius 2 is 1.02 bits per heavy atom. The van der Waals surface area contributed by atoms with Crippen molar-refractivity contribution in [3.8, 4) is 67.6 Å². The molecule has 3 aromatic heterocycles. The van der Waals surface area contributed by atoms with Gasteiger partial charge in [-0.3, -0.25) is 0 Å². The molecule has 10 rings (SSSR count). The molecular formula is C46H34N4O. The molecule has 8 aromatic rings. The summed E-state index contributed by atoms with van der Waals surface area (Å²) in [5, 5.41) is 0. The molecule has 0 bridgehead atoms. The SMILES string of the molecule is CC1(C)c2ccccc2-c2ccc(-c3cc(-c4ccc5c(c4)C(C)(C)c4ccccc4-5)nc(-c4cccc(-c5nc6cccnc6o5)c4)n3)cc21. The van der Waals surface area contributed by atoms with E-state index in [4.69, 9.17) is 19.4 Å². The van der Waals surface area contributed by atoms with Gasteiger partial charge in [0.25, 0.3) is 0 Å². The number of benzene rings is 5. The normalized spacial score (nSPS) is 14.6. The highest BCUT2D eigenvalue weighted by molar-refractivity contribution is 5.86. The molecule has 0 radical (unpaired) electrons. The van der Waals surface area contributed by atoms with Crippen molar-refractivity contribution < 1.29 is 4.42 Å². The van der Waals surface area contributed by atoms with Crippen LogP contribution >= 0.6 is 0 Å². The molecule has 5 heteroatoms. The molecule has 244 valence electrons. The third-order valence-electron chi connectivity index (χ3n) is 11.0. The summed E-state index contributed by atoms with van der Waals surface area (Å²) >= 11 is 0. The first kappa shape index (κ1) is 29.7. The summed E-state index contributed by atoms with van der Waals surface area (Å²) < 4.78 is 6.05. The van der Waals surface area contributed by atoms with E-state index in [2.05, 4.69) is 136 Å². The van der Waals surface area contributed by atoms with Crippen molar-refractivity contribution in [1.82, 2.24) is 19.9 Å². The molecule has 2 aliphatic carbocycles. The minimum Gasteiger partial charge on any atom is -0.418 e. The number of hydrogen-bond donors (Lipinski definition) is 0. The molecule has 0 atom stereocenters. The molecule has 51 heavy (non-hydrogen) atoms. The lowest BCUT2D eigenvalue weighted by molar-refractivity contribution is 0.608. The van der Waals surface area contributed by atoms with Crippen molar-refractivity contribution in [2.45, 2.75) is 38.5 Å². The van der Waals surface area contributed by atoms with Crippen LogP contribution in [0.5, 0.6) is 0 Å². The fraction of sp³-hybridized carbons (Fsp3) is 0.130. The van der Waals surface area contributed by atoms with Crippen molar-refractivity contribution in [2.24, 2.45) is 0 Å². The van der Waals surface area contributed by atoms with Gasteiger partial charge in [-0.2, -0.15) is 0 Å². The van der Waals surface area contributed by atoms with Gasteiger partial charge in [-0.25, -0.2) is 19.9 Å². The Morgan fingerprint density at radius 1 is 0.451 bits per heavy atom. The quantitative estimate of drug-likeness (QED) is 0.188. The Kier molecular flexibility index (Phi) is 6.20. The Labute approximate surface area is 296 Å². The molecule has 0 fully saturated rings. The topological polar surface area (TPSA) is 64.7 Å². The van der Waals surface area contributed by atoms with Crippen LogP contribution in [-0.2, 0) is 10.8 Å². The summed E-state index contributed by atoms with van der Waals surface area (Å²) in [7, 11) is 0. The lowest BCUT2D eigenvalue weighted by Crippen LogP contribution is -2.15. The lowest BCUT2D eigenvalue weighted by atomic mass is 9.81. The molecule has 0 saturated carbocycles. The van der Waals surface area contributed by atoms with Crippen LogP contribution in [0.3, 0.4) is 0 Å². The summed E-state index contributed by atoms with van der Waals surface area (Å²) in [6.45, 7) is 9.26. The fourth-order valence-corrected chi connectivity index (χ4v) is 8.28. The number of rotatable bonds is 4. The molecule has 5 nitrogen and oxygen atoms in total. The third-order valence-corrected chi connectivity index (χ3v) is 11.0. The molecule has 0 amide bonds. The highest BCUT2D eigenvalue weighted by Gasteiger charge is 2.36. The van der Waals surface area contributed by atoms with E-state index in [1.165, 1.54) is 44.5 Å². The second-order valence-corrected chi connectivity index (χ2v) is 14.8. The van der Waals surface area contributed by atoms with E-state index in [1.54, 1.807) is 6.20 Å². The van der Waals surface area contributed by atoms with Crippen LogP contribution in [0.4, 0.5) is 0 Å². The van der Waals surface area contributed by atoms with Crippen LogP contribution in [0.25, 0.3) is 78.8 Å². The highest BCUT2D eigenvalue weighted by Crippen LogP contribution is 2.51. The first-order valence-electron chi connectivity index (χ1n) is 17.5. The second kappa shape index (κ2) is 10.6. The smallest absolute Gasteiger partial charge is 0.247 e. The molecule has 0 spiro atoms. The number of aromatic nitrogens is 4. The Bertz CT molecular complexity index is 2560. The van der Waals surface area contributed by atoms with Gasteiger partial charge in [-0.15, -0.1) is 0 Å². The number of oxazole rings is 1. The second-order valence-electron chi connectivity index (χ2n) is 14.8. The van der Waals surface area contributed by atoms with Crippen molar-refractivity contribution in [3.05, 3.63) is 156 Å².